The average molecular weight is 323 g/mol. The molecule has 0 atom stereocenters. The van der Waals surface area contributed by atoms with Gasteiger partial charge in [-0.05, 0) is 24.4 Å². The third-order valence-corrected chi connectivity index (χ3v) is 2.98. The summed E-state index contributed by atoms with van der Waals surface area (Å²) >= 11 is 5.09. The van der Waals surface area contributed by atoms with Gasteiger partial charge in [-0.1, -0.05) is 26.0 Å². The Kier molecular flexibility index (Phi) is 7.48. The molecule has 0 saturated heterocycles. The van der Waals surface area contributed by atoms with Crippen molar-refractivity contribution in [2.45, 2.75) is 13.8 Å². The third-order valence-electron chi connectivity index (χ3n) is 2.77. The molecule has 6 nitrogen and oxygen atoms in total. The van der Waals surface area contributed by atoms with Crippen LogP contribution in [0.1, 0.15) is 24.2 Å². The normalized spacial score (nSPS) is 10.2. The van der Waals surface area contributed by atoms with E-state index in [-0.39, 0.29) is 22.8 Å². The van der Waals surface area contributed by atoms with Crippen LogP contribution < -0.4 is 16.0 Å². The van der Waals surface area contributed by atoms with Crippen LogP contribution in [-0.2, 0) is 9.53 Å². The minimum Gasteiger partial charge on any atom is -0.383 e. The Bertz CT molecular complexity index is 547. The summed E-state index contributed by atoms with van der Waals surface area (Å²) in [5, 5.41) is 8.35. The van der Waals surface area contributed by atoms with Crippen LogP contribution in [0.5, 0.6) is 0 Å². The lowest BCUT2D eigenvalue weighted by Gasteiger charge is -2.14. The van der Waals surface area contributed by atoms with Crippen LogP contribution in [0.25, 0.3) is 0 Å². The maximum atomic E-state index is 12.1. The largest absolute Gasteiger partial charge is 0.383 e. The molecule has 7 heteroatoms. The van der Waals surface area contributed by atoms with Crippen molar-refractivity contribution in [2.75, 3.05) is 25.6 Å². The van der Waals surface area contributed by atoms with Crippen LogP contribution in [0.15, 0.2) is 24.3 Å². The van der Waals surface area contributed by atoms with Crippen molar-refractivity contribution in [1.29, 1.82) is 0 Å². The Morgan fingerprint density at radius 1 is 1.27 bits per heavy atom. The van der Waals surface area contributed by atoms with Crippen LogP contribution in [0.3, 0.4) is 0 Å². The van der Waals surface area contributed by atoms with E-state index < -0.39 is 0 Å². The number of methoxy groups -OCH3 is 1. The van der Waals surface area contributed by atoms with Gasteiger partial charge in [0.1, 0.15) is 0 Å². The minimum absolute atomic E-state index is 0.163. The SMILES string of the molecule is COCCNC(=O)c1ccccc1NC(=S)NC(=O)C(C)C. The fourth-order valence-corrected chi connectivity index (χ4v) is 1.77. The molecule has 0 aromatic heterocycles. The Labute approximate surface area is 135 Å². The molecule has 3 N–H and O–H groups in total. The monoisotopic (exact) mass is 323 g/mol. The summed E-state index contributed by atoms with van der Waals surface area (Å²) in [6.45, 7) is 4.40. The third kappa shape index (κ3) is 5.79. The summed E-state index contributed by atoms with van der Waals surface area (Å²) in [5.74, 6) is -0.593. The molecule has 0 aliphatic heterocycles. The minimum atomic E-state index is -0.238. The lowest BCUT2D eigenvalue weighted by atomic mass is 10.1. The summed E-state index contributed by atoms with van der Waals surface area (Å²) in [5.41, 5.74) is 0.978. The Morgan fingerprint density at radius 2 is 1.95 bits per heavy atom. The first kappa shape index (κ1) is 18.1. The quantitative estimate of drug-likeness (QED) is 0.546. The van der Waals surface area contributed by atoms with Crippen LogP contribution in [0.2, 0.25) is 0 Å². The van der Waals surface area contributed by atoms with Crippen LogP contribution in [0.4, 0.5) is 5.69 Å². The van der Waals surface area contributed by atoms with E-state index in [1.807, 2.05) is 0 Å². The lowest BCUT2D eigenvalue weighted by molar-refractivity contribution is -0.122. The summed E-state index contributed by atoms with van der Waals surface area (Å²) in [6, 6.07) is 6.93. The van der Waals surface area contributed by atoms with Crippen molar-refractivity contribution in [3.63, 3.8) is 0 Å². The number of carbonyl (C=O) groups excluding carboxylic acids is 2. The topological polar surface area (TPSA) is 79.5 Å². The molecule has 0 saturated carbocycles. The summed E-state index contributed by atoms with van der Waals surface area (Å²) in [7, 11) is 1.57. The van der Waals surface area contributed by atoms with Crippen LogP contribution in [0, 0.1) is 5.92 Å². The number of rotatable bonds is 6. The number of ether oxygens (including phenoxy) is 1. The predicted molar refractivity (Wildman–Crippen MR) is 89.9 cm³/mol. The number of anilines is 1. The number of thiocarbonyl (C=S) groups is 1. The molecule has 1 aromatic rings. The average Bonchev–Trinajstić information content (AvgIpc) is 2.47. The number of carbonyl (C=O) groups is 2. The number of hydrogen-bond donors (Lipinski definition) is 3. The van der Waals surface area contributed by atoms with Gasteiger partial charge in [-0.3, -0.25) is 9.59 Å². The standard InChI is InChI=1S/C15H21N3O3S/c1-10(2)13(19)18-15(22)17-12-7-5-4-6-11(12)14(20)16-8-9-21-3/h4-7,10H,8-9H2,1-3H3,(H,16,20)(H2,17,18,19,22). The van der Waals surface area contributed by atoms with E-state index in [2.05, 4.69) is 16.0 Å². The zero-order chi connectivity index (χ0) is 16.5. The number of hydrogen-bond acceptors (Lipinski definition) is 4. The highest BCUT2D eigenvalue weighted by Crippen LogP contribution is 2.14. The van der Waals surface area contributed by atoms with Gasteiger partial charge in [0.05, 0.1) is 17.9 Å². The number of amides is 2. The Balaban J connectivity index is 2.73. The lowest BCUT2D eigenvalue weighted by Crippen LogP contribution is -2.37. The van der Waals surface area contributed by atoms with Gasteiger partial charge in [0.25, 0.3) is 5.91 Å². The highest BCUT2D eigenvalue weighted by atomic mass is 32.1. The van der Waals surface area contributed by atoms with E-state index in [0.717, 1.165) is 0 Å². The highest BCUT2D eigenvalue weighted by molar-refractivity contribution is 7.80. The van der Waals surface area contributed by atoms with Crippen molar-refractivity contribution in [3.8, 4) is 0 Å². The van der Waals surface area contributed by atoms with Gasteiger partial charge in [0.15, 0.2) is 5.11 Å². The van der Waals surface area contributed by atoms with Gasteiger partial charge >= 0.3 is 0 Å². The molecule has 0 radical (unpaired) electrons. The van der Waals surface area contributed by atoms with E-state index in [1.54, 1.807) is 45.2 Å². The molecule has 0 fully saturated rings. The number of para-hydroxylation sites is 1. The molecule has 0 aliphatic rings. The van der Waals surface area contributed by atoms with Gasteiger partial charge in [-0.15, -0.1) is 0 Å². The van der Waals surface area contributed by atoms with E-state index in [1.165, 1.54) is 0 Å². The summed E-state index contributed by atoms with van der Waals surface area (Å²) in [6.07, 6.45) is 0. The van der Waals surface area contributed by atoms with Gasteiger partial charge in [-0.2, -0.15) is 0 Å². The molecule has 2 amide bonds. The maximum Gasteiger partial charge on any atom is 0.253 e. The maximum absolute atomic E-state index is 12.1. The molecule has 1 aromatic carbocycles. The molecular weight excluding hydrogens is 302 g/mol. The first-order chi connectivity index (χ1) is 10.5. The summed E-state index contributed by atoms with van der Waals surface area (Å²) in [4.78, 5) is 23.7. The first-order valence-corrected chi connectivity index (χ1v) is 7.34. The van der Waals surface area contributed by atoms with E-state index in [9.17, 15) is 9.59 Å². The van der Waals surface area contributed by atoms with Crippen molar-refractivity contribution in [2.24, 2.45) is 5.92 Å². The molecule has 0 aliphatic carbocycles. The van der Waals surface area contributed by atoms with Gasteiger partial charge in [0.2, 0.25) is 5.91 Å². The second-order valence-electron chi connectivity index (χ2n) is 4.89. The van der Waals surface area contributed by atoms with Crippen molar-refractivity contribution < 1.29 is 14.3 Å². The molecule has 0 heterocycles. The zero-order valence-electron chi connectivity index (χ0n) is 12.9. The van der Waals surface area contributed by atoms with E-state index in [0.29, 0.717) is 24.4 Å². The smallest absolute Gasteiger partial charge is 0.253 e. The fraction of sp³-hybridized carbons (Fsp3) is 0.400. The van der Waals surface area contributed by atoms with Crippen molar-refractivity contribution >= 4 is 34.8 Å². The molecule has 120 valence electrons. The summed E-state index contributed by atoms with van der Waals surface area (Å²) < 4.78 is 4.89. The highest BCUT2D eigenvalue weighted by Gasteiger charge is 2.13. The fourth-order valence-electron chi connectivity index (χ4n) is 1.56. The molecule has 0 spiro atoms. The van der Waals surface area contributed by atoms with Crippen molar-refractivity contribution in [3.05, 3.63) is 29.8 Å². The zero-order valence-corrected chi connectivity index (χ0v) is 13.8. The van der Waals surface area contributed by atoms with Gasteiger partial charge in [-0.25, -0.2) is 0 Å². The second kappa shape index (κ2) is 9.11. The molecule has 0 bridgehead atoms. The molecule has 22 heavy (non-hydrogen) atoms. The van der Waals surface area contributed by atoms with Gasteiger partial charge in [0, 0.05) is 19.6 Å². The molecule has 0 unspecified atom stereocenters. The number of nitrogens with one attached hydrogen (secondary N) is 3. The first-order valence-electron chi connectivity index (χ1n) is 6.93. The Morgan fingerprint density at radius 3 is 2.59 bits per heavy atom. The van der Waals surface area contributed by atoms with Crippen LogP contribution in [-0.4, -0.2) is 37.2 Å². The van der Waals surface area contributed by atoms with Crippen molar-refractivity contribution in [1.82, 2.24) is 10.6 Å². The second-order valence-corrected chi connectivity index (χ2v) is 5.30. The molecular formula is C15H21N3O3S. The van der Waals surface area contributed by atoms with Crippen LogP contribution >= 0.6 is 12.2 Å². The van der Waals surface area contributed by atoms with Gasteiger partial charge < -0.3 is 20.7 Å². The number of benzene rings is 1. The van der Waals surface area contributed by atoms with E-state index >= 15 is 0 Å². The molecule has 1 rings (SSSR count). The Hall–Kier alpha value is -1.99. The van der Waals surface area contributed by atoms with E-state index in [4.69, 9.17) is 17.0 Å². The predicted octanol–water partition coefficient (Wildman–Crippen LogP) is 1.53.